The van der Waals surface area contributed by atoms with Crippen LogP contribution in [0.25, 0.3) is 0 Å². The van der Waals surface area contributed by atoms with E-state index in [1.165, 1.54) is 5.56 Å². The van der Waals surface area contributed by atoms with Crippen molar-refractivity contribution in [2.45, 2.75) is 33.1 Å². The molecule has 1 aromatic carbocycles. The van der Waals surface area contributed by atoms with E-state index in [9.17, 15) is 4.79 Å². The molecule has 1 unspecified atom stereocenters. The van der Waals surface area contributed by atoms with Crippen molar-refractivity contribution >= 4 is 5.78 Å². The minimum absolute atomic E-state index is 0.0331. The summed E-state index contributed by atoms with van der Waals surface area (Å²) in [4.78, 5) is 11.6. The Balaban J connectivity index is 2.90. The number of carbonyl (C=O) groups excluding carboxylic acids is 1. The van der Waals surface area contributed by atoms with Crippen LogP contribution in [0.3, 0.4) is 0 Å². The van der Waals surface area contributed by atoms with Crippen LogP contribution in [0.15, 0.2) is 36.4 Å². The lowest BCUT2D eigenvalue weighted by atomic mass is 9.96. The molecule has 0 saturated carbocycles. The summed E-state index contributed by atoms with van der Waals surface area (Å²) in [5.41, 5.74) is 2.61. The Morgan fingerprint density at radius 1 is 1.33 bits per heavy atom. The zero-order valence-electron chi connectivity index (χ0n) is 9.71. The van der Waals surface area contributed by atoms with E-state index in [0.717, 1.165) is 12.0 Å². The normalized spacial score (nSPS) is 12.2. The molecule has 0 bridgehead atoms. The largest absolute Gasteiger partial charge is 0.289 e. The van der Waals surface area contributed by atoms with E-state index < -0.39 is 0 Å². The highest BCUT2D eigenvalue weighted by atomic mass is 16.1. The first-order valence-corrected chi connectivity index (χ1v) is 5.36. The van der Waals surface area contributed by atoms with Gasteiger partial charge in [-0.2, -0.15) is 0 Å². The van der Waals surface area contributed by atoms with Gasteiger partial charge >= 0.3 is 0 Å². The van der Waals surface area contributed by atoms with E-state index in [-0.39, 0.29) is 5.78 Å². The molecule has 0 aromatic heterocycles. The summed E-state index contributed by atoms with van der Waals surface area (Å²) in [6, 6.07) is 7.84. The van der Waals surface area contributed by atoms with Crippen molar-refractivity contribution < 1.29 is 4.79 Å². The summed E-state index contributed by atoms with van der Waals surface area (Å²) in [6.45, 7) is 9.75. The first-order chi connectivity index (χ1) is 7.06. The highest BCUT2D eigenvalue weighted by Crippen LogP contribution is 2.19. The summed E-state index contributed by atoms with van der Waals surface area (Å²) >= 11 is 0. The quantitative estimate of drug-likeness (QED) is 0.533. The molecule has 0 aliphatic rings. The summed E-state index contributed by atoms with van der Waals surface area (Å²) in [5.74, 6) is 0.588. The van der Waals surface area contributed by atoms with Crippen molar-refractivity contribution in [1.82, 2.24) is 0 Å². The molecule has 0 heterocycles. The monoisotopic (exact) mass is 202 g/mol. The van der Waals surface area contributed by atoms with Gasteiger partial charge in [-0.1, -0.05) is 44.7 Å². The number of carbonyl (C=O) groups is 1. The number of benzene rings is 1. The molecule has 0 radical (unpaired) electrons. The first kappa shape index (κ1) is 11.7. The minimum atomic E-state index is 0.0331. The van der Waals surface area contributed by atoms with Crippen LogP contribution in [0.5, 0.6) is 0 Å². The van der Waals surface area contributed by atoms with Crippen molar-refractivity contribution in [1.29, 1.82) is 0 Å². The average molecular weight is 202 g/mol. The van der Waals surface area contributed by atoms with Gasteiger partial charge in [-0.25, -0.2) is 0 Å². The molecule has 1 nitrogen and oxygen atoms in total. The second-order valence-corrected chi connectivity index (χ2v) is 4.04. The first-order valence-electron chi connectivity index (χ1n) is 5.36. The van der Waals surface area contributed by atoms with Crippen LogP contribution in [0, 0.1) is 0 Å². The fraction of sp³-hybridized carbons (Fsp3) is 0.357. The van der Waals surface area contributed by atoms with E-state index in [4.69, 9.17) is 0 Å². The number of ketones is 1. The summed E-state index contributed by atoms with van der Waals surface area (Å²) in [7, 11) is 0. The molecule has 1 rings (SSSR count). The standard InChI is InChI=1S/C14H18O/c1-5-11(4)12-6-8-13(9-7-12)14(15)10(2)3/h6-9,11H,2,5H2,1,3-4H3. The van der Waals surface area contributed by atoms with Crippen LogP contribution >= 0.6 is 0 Å². The summed E-state index contributed by atoms with van der Waals surface area (Å²) in [5, 5.41) is 0. The zero-order valence-corrected chi connectivity index (χ0v) is 9.71. The second-order valence-electron chi connectivity index (χ2n) is 4.04. The van der Waals surface area contributed by atoms with Gasteiger partial charge in [0.25, 0.3) is 0 Å². The Hall–Kier alpha value is -1.37. The van der Waals surface area contributed by atoms with Gasteiger partial charge in [-0.3, -0.25) is 4.79 Å². The highest BCUT2D eigenvalue weighted by molar-refractivity contribution is 6.07. The molecular formula is C14H18O. The lowest BCUT2D eigenvalue weighted by molar-refractivity contribution is 0.103. The molecule has 0 amide bonds. The van der Waals surface area contributed by atoms with E-state index in [1.807, 2.05) is 24.3 Å². The van der Waals surface area contributed by atoms with Crippen molar-refractivity contribution in [3.05, 3.63) is 47.5 Å². The van der Waals surface area contributed by atoms with Gasteiger partial charge in [0.1, 0.15) is 0 Å². The van der Waals surface area contributed by atoms with Crippen LogP contribution in [-0.4, -0.2) is 5.78 Å². The van der Waals surface area contributed by atoms with E-state index in [1.54, 1.807) is 6.92 Å². The summed E-state index contributed by atoms with van der Waals surface area (Å²) < 4.78 is 0. The van der Waals surface area contributed by atoms with Crippen molar-refractivity contribution in [2.24, 2.45) is 0 Å². The number of Topliss-reactive ketones (excluding diaryl/α,β-unsaturated/α-hetero) is 1. The number of hydrogen-bond acceptors (Lipinski definition) is 1. The lowest BCUT2D eigenvalue weighted by Crippen LogP contribution is -2.00. The van der Waals surface area contributed by atoms with Crippen LogP contribution in [0.1, 0.15) is 49.0 Å². The zero-order chi connectivity index (χ0) is 11.4. The Kier molecular flexibility index (Phi) is 3.84. The third kappa shape index (κ3) is 2.79. The molecular weight excluding hydrogens is 184 g/mol. The Bertz CT molecular complexity index is 359. The molecule has 0 fully saturated rings. The van der Waals surface area contributed by atoms with Crippen LogP contribution in [0.4, 0.5) is 0 Å². The smallest absolute Gasteiger partial charge is 0.188 e. The molecule has 15 heavy (non-hydrogen) atoms. The molecule has 0 spiro atoms. The molecule has 0 aliphatic carbocycles. The van der Waals surface area contributed by atoms with Crippen molar-refractivity contribution in [3.8, 4) is 0 Å². The van der Waals surface area contributed by atoms with Gasteiger partial charge in [-0.15, -0.1) is 0 Å². The van der Waals surface area contributed by atoms with Crippen LogP contribution in [-0.2, 0) is 0 Å². The summed E-state index contributed by atoms with van der Waals surface area (Å²) in [6.07, 6.45) is 1.12. The number of hydrogen-bond donors (Lipinski definition) is 0. The molecule has 1 atom stereocenters. The molecule has 0 aliphatic heterocycles. The maximum absolute atomic E-state index is 11.6. The fourth-order valence-electron chi connectivity index (χ4n) is 1.45. The van der Waals surface area contributed by atoms with Gasteiger partial charge in [0.2, 0.25) is 0 Å². The van der Waals surface area contributed by atoms with Gasteiger partial charge < -0.3 is 0 Å². The predicted octanol–water partition coefficient (Wildman–Crippen LogP) is 3.96. The van der Waals surface area contributed by atoms with Crippen LogP contribution in [0.2, 0.25) is 0 Å². The van der Waals surface area contributed by atoms with Gasteiger partial charge in [-0.05, 0) is 30.4 Å². The third-order valence-electron chi connectivity index (χ3n) is 2.74. The third-order valence-corrected chi connectivity index (χ3v) is 2.74. The molecule has 0 saturated heterocycles. The average Bonchev–Trinajstić information content (AvgIpc) is 2.27. The van der Waals surface area contributed by atoms with E-state index in [2.05, 4.69) is 20.4 Å². The predicted molar refractivity (Wildman–Crippen MR) is 64.3 cm³/mol. The van der Waals surface area contributed by atoms with Gasteiger partial charge in [0, 0.05) is 5.56 Å². The lowest BCUT2D eigenvalue weighted by Gasteiger charge is -2.09. The maximum Gasteiger partial charge on any atom is 0.188 e. The van der Waals surface area contributed by atoms with Crippen molar-refractivity contribution in [3.63, 3.8) is 0 Å². The van der Waals surface area contributed by atoms with Gasteiger partial charge in [0.05, 0.1) is 0 Å². The topological polar surface area (TPSA) is 17.1 Å². The number of rotatable bonds is 4. The van der Waals surface area contributed by atoms with Gasteiger partial charge in [0.15, 0.2) is 5.78 Å². The number of allylic oxidation sites excluding steroid dienone is 1. The molecule has 1 aromatic rings. The Labute approximate surface area is 91.8 Å². The Morgan fingerprint density at radius 3 is 2.27 bits per heavy atom. The minimum Gasteiger partial charge on any atom is -0.289 e. The Morgan fingerprint density at radius 2 is 1.87 bits per heavy atom. The van der Waals surface area contributed by atoms with Crippen LogP contribution < -0.4 is 0 Å². The highest BCUT2D eigenvalue weighted by Gasteiger charge is 2.07. The molecule has 80 valence electrons. The molecule has 1 heteroatoms. The van der Waals surface area contributed by atoms with E-state index in [0.29, 0.717) is 11.5 Å². The van der Waals surface area contributed by atoms with Crippen molar-refractivity contribution in [2.75, 3.05) is 0 Å². The second kappa shape index (κ2) is 4.92. The van der Waals surface area contributed by atoms with E-state index >= 15 is 0 Å². The fourth-order valence-corrected chi connectivity index (χ4v) is 1.45. The SMILES string of the molecule is C=C(C)C(=O)c1ccc(C(C)CC)cc1. The molecule has 0 N–H and O–H groups in total. The maximum atomic E-state index is 11.6.